The largest absolute Gasteiger partial charge is 0.871 e. The van der Waals surface area contributed by atoms with Gasteiger partial charge >= 0.3 is 0 Å². The average molecular weight is 289 g/mol. The van der Waals surface area contributed by atoms with Crippen molar-refractivity contribution in [3.05, 3.63) is 27.7 Å². The maximum atomic E-state index is 11.9. The molecule has 1 aliphatic heterocycles. The first-order chi connectivity index (χ1) is 8.56. The van der Waals surface area contributed by atoms with Crippen molar-refractivity contribution in [2.24, 2.45) is 0 Å². The molecule has 18 heavy (non-hydrogen) atoms. The van der Waals surface area contributed by atoms with Gasteiger partial charge in [0, 0.05) is 35.1 Å². The summed E-state index contributed by atoms with van der Waals surface area (Å²) in [6.45, 7) is 5.06. The standard InChI is InChI=1S/C13H18Cl2N2O/c1-16-3-2-4-17(6-5-16)9-10-7-11(14)8-12(15)13(10)18/h7-8,18H,2-6,9H2,1H3. The molecule has 1 aromatic carbocycles. The van der Waals surface area contributed by atoms with Crippen LogP contribution < -0.4 is 10.0 Å². The molecule has 1 N–H and O–H groups in total. The van der Waals surface area contributed by atoms with E-state index in [4.69, 9.17) is 23.2 Å². The van der Waals surface area contributed by atoms with Gasteiger partial charge in [-0.05, 0) is 19.2 Å². The summed E-state index contributed by atoms with van der Waals surface area (Å²) in [7, 11) is 2.14. The van der Waals surface area contributed by atoms with Gasteiger partial charge in [0.1, 0.15) is 6.54 Å². The number of rotatable bonds is 2. The van der Waals surface area contributed by atoms with Crippen LogP contribution >= 0.6 is 23.2 Å². The third-order valence-corrected chi connectivity index (χ3v) is 3.94. The third kappa shape index (κ3) is 3.51. The quantitative estimate of drug-likeness (QED) is 0.872. The van der Waals surface area contributed by atoms with Gasteiger partial charge in [-0.25, -0.2) is 0 Å². The normalized spacial score (nSPS) is 21.8. The highest BCUT2D eigenvalue weighted by molar-refractivity contribution is 6.35. The molecule has 0 aromatic heterocycles. The van der Waals surface area contributed by atoms with Gasteiger partial charge in [-0.2, -0.15) is 0 Å². The fraction of sp³-hybridized carbons (Fsp3) is 0.538. The molecule has 100 valence electrons. The Morgan fingerprint density at radius 1 is 1.28 bits per heavy atom. The van der Waals surface area contributed by atoms with E-state index in [2.05, 4.69) is 11.9 Å². The predicted octanol–water partition coefficient (Wildman–Crippen LogP) is 0.787. The molecule has 0 spiro atoms. The summed E-state index contributed by atoms with van der Waals surface area (Å²) in [6, 6.07) is 3.26. The van der Waals surface area contributed by atoms with Gasteiger partial charge in [-0.15, -0.1) is 0 Å². The lowest BCUT2D eigenvalue weighted by molar-refractivity contribution is -0.912. The van der Waals surface area contributed by atoms with Crippen LogP contribution in [0.15, 0.2) is 12.1 Å². The van der Waals surface area contributed by atoms with E-state index in [1.54, 1.807) is 6.07 Å². The number of hydrogen-bond donors (Lipinski definition) is 1. The van der Waals surface area contributed by atoms with E-state index in [1.807, 2.05) is 0 Å². The molecule has 1 atom stereocenters. The van der Waals surface area contributed by atoms with Crippen molar-refractivity contribution in [2.45, 2.75) is 13.0 Å². The Balaban J connectivity index is 2.09. The third-order valence-electron chi connectivity index (χ3n) is 3.44. The second kappa shape index (κ2) is 6.11. The van der Waals surface area contributed by atoms with Crippen molar-refractivity contribution in [1.29, 1.82) is 0 Å². The summed E-state index contributed by atoms with van der Waals surface area (Å²) in [5, 5.41) is 12.7. The van der Waals surface area contributed by atoms with E-state index in [0.29, 0.717) is 11.6 Å². The molecule has 0 aliphatic carbocycles. The second-order valence-electron chi connectivity index (χ2n) is 4.96. The van der Waals surface area contributed by atoms with Crippen molar-refractivity contribution in [3.63, 3.8) is 0 Å². The van der Waals surface area contributed by atoms with Crippen LogP contribution in [-0.4, -0.2) is 38.1 Å². The SMILES string of the molecule is CN1CCC[NH+](Cc2cc(Cl)cc(Cl)c2[O-])CC1. The zero-order chi connectivity index (χ0) is 13.1. The topological polar surface area (TPSA) is 30.7 Å². The second-order valence-corrected chi connectivity index (χ2v) is 5.80. The highest BCUT2D eigenvalue weighted by Crippen LogP contribution is 2.28. The average Bonchev–Trinajstić information content (AvgIpc) is 2.51. The summed E-state index contributed by atoms with van der Waals surface area (Å²) in [5.41, 5.74) is 0.729. The van der Waals surface area contributed by atoms with Crippen LogP contribution in [0, 0.1) is 0 Å². The molecule has 0 bridgehead atoms. The molecule has 1 aliphatic rings. The Labute approximate surface area is 118 Å². The Morgan fingerprint density at radius 3 is 2.83 bits per heavy atom. The molecule has 0 radical (unpaired) electrons. The van der Waals surface area contributed by atoms with Crippen LogP contribution in [0.1, 0.15) is 12.0 Å². The lowest BCUT2D eigenvalue weighted by Crippen LogP contribution is -3.11. The maximum absolute atomic E-state index is 11.9. The molecule has 1 saturated heterocycles. The minimum atomic E-state index is -0.0776. The van der Waals surface area contributed by atoms with E-state index in [9.17, 15) is 5.11 Å². The number of benzene rings is 1. The summed E-state index contributed by atoms with van der Waals surface area (Å²) < 4.78 is 0. The van der Waals surface area contributed by atoms with Crippen molar-refractivity contribution >= 4 is 23.2 Å². The molecule has 1 aromatic rings. The van der Waals surface area contributed by atoms with Gasteiger partial charge in [0.2, 0.25) is 0 Å². The van der Waals surface area contributed by atoms with Crippen molar-refractivity contribution in [3.8, 4) is 5.75 Å². The minimum absolute atomic E-state index is 0.0776. The van der Waals surface area contributed by atoms with Crippen LogP contribution in [0.25, 0.3) is 0 Å². The molecule has 0 saturated carbocycles. The van der Waals surface area contributed by atoms with E-state index < -0.39 is 0 Å². The number of nitrogens with one attached hydrogen (secondary N) is 1. The van der Waals surface area contributed by atoms with Crippen LogP contribution in [0.2, 0.25) is 10.0 Å². The fourth-order valence-electron chi connectivity index (χ4n) is 2.38. The predicted molar refractivity (Wildman–Crippen MR) is 72.4 cm³/mol. The molecule has 1 fully saturated rings. The van der Waals surface area contributed by atoms with Crippen molar-refractivity contribution in [2.75, 3.05) is 33.2 Å². The lowest BCUT2D eigenvalue weighted by Gasteiger charge is -2.22. The molecule has 1 heterocycles. The van der Waals surface area contributed by atoms with E-state index in [-0.39, 0.29) is 10.8 Å². The van der Waals surface area contributed by atoms with Gasteiger partial charge in [0.25, 0.3) is 0 Å². The number of likely N-dealkylation sites (N-methyl/N-ethyl adjacent to an activating group) is 1. The summed E-state index contributed by atoms with van der Waals surface area (Å²) in [6.07, 6.45) is 1.16. The maximum Gasteiger partial charge on any atom is 0.102 e. The van der Waals surface area contributed by atoms with E-state index in [1.165, 1.54) is 11.0 Å². The van der Waals surface area contributed by atoms with Crippen molar-refractivity contribution in [1.82, 2.24) is 4.90 Å². The van der Waals surface area contributed by atoms with Crippen molar-refractivity contribution < 1.29 is 10.0 Å². The van der Waals surface area contributed by atoms with Crippen LogP contribution in [-0.2, 0) is 6.54 Å². The lowest BCUT2D eigenvalue weighted by atomic mass is 10.2. The molecular formula is C13H18Cl2N2O. The summed E-state index contributed by atoms with van der Waals surface area (Å²) >= 11 is 11.8. The molecule has 1 unspecified atom stereocenters. The molecule has 5 heteroatoms. The molecular weight excluding hydrogens is 271 g/mol. The molecule has 3 nitrogen and oxygen atoms in total. The number of quaternary nitrogens is 1. The Kier molecular flexibility index (Phi) is 4.73. The number of nitrogens with zero attached hydrogens (tertiary/aromatic N) is 1. The monoisotopic (exact) mass is 288 g/mol. The van der Waals surface area contributed by atoms with Gasteiger partial charge in [-0.1, -0.05) is 29.0 Å². The Morgan fingerprint density at radius 2 is 2.06 bits per heavy atom. The van der Waals surface area contributed by atoms with E-state index >= 15 is 0 Å². The highest BCUT2D eigenvalue weighted by atomic mass is 35.5. The zero-order valence-corrected chi connectivity index (χ0v) is 12.0. The van der Waals surface area contributed by atoms with Gasteiger partial charge in [-0.3, -0.25) is 0 Å². The number of hydrogen-bond acceptors (Lipinski definition) is 2. The first kappa shape index (κ1) is 13.9. The molecule has 2 rings (SSSR count). The summed E-state index contributed by atoms with van der Waals surface area (Å²) in [4.78, 5) is 3.76. The minimum Gasteiger partial charge on any atom is -0.871 e. The smallest absolute Gasteiger partial charge is 0.102 e. The Hall–Kier alpha value is -0.480. The number of halogens is 2. The first-order valence-electron chi connectivity index (χ1n) is 6.23. The molecule has 0 amide bonds. The first-order valence-corrected chi connectivity index (χ1v) is 6.99. The van der Waals surface area contributed by atoms with Gasteiger partial charge in [0.15, 0.2) is 0 Å². The van der Waals surface area contributed by atoms with Gasteiger partial charge < -0.3 is 14.9 Å². The van der Waals surface area contributed by atoms with Gasteiger partial charge in [0.05, 0.1) is 13.1 Å². The zero-order valence-electron chi connectivity index (χ0n) is 10.5. The summed E-state index contributed by atoms with van der Waals surface area (Å²) in [5.74, 6) is -0.0776. The van der Waals surface area contributed by atoms with Crippen LogP contribution in [0.5, 0.6) is 5.75 Å². The Bertz CT molecular complexity index is 426. The highest BCUT2D eigenvalue weighted by Gasteiger charge is 2.16. The van der Waals surface area contributed by atoms with Crippen LogP contribution in [0.3, 0.4) is 0 Å². The fourth-order valence-corrected chi connectivity index (χ4v) is 2.91. The van der Waals surface area contributed by atoms with E-state index in [0.717, 1.165) is 38.2 Å². The van der Waals surface area contributed by atoms with Crippen LogP contribution in [0.4, 0.5) is 0 Å².